The fraction of sp³-hybridized carbons (Fsp3) is 0.444. The van der Waals surface area contributed by atoms with Crippen molar-refractivity contribution in [3.05, 3.63) is 58.2 Å². The Kier molecular flexibility index (Phi) is 8.15. The van der Waals surface area contributed by atoms with Gasteiger partial charge in [0.25, 0.3) is 5.69 Å². The second-order valence-corrected chi connectivity index (χ2v) is 5.67. The van der Waals surface area contributed by atoms with E-state index in [0.29, 0.717) is 18.6 Å². The number of aliphatic hydroxyl groups is 1. The molecule has 0 fully saturated rings. The monoisotopic (exact) mass is 335 g/mol. The van der Waals surface area contributed by atoms with Gasteiger partial charge in [0.1, 0.15) is 5.75 Å². The molecule has 0 aliphatic rings. The molecule has 0 saturated carbocycles. The van der Waals surface area contributed by atoms with Crippen LogP contribution in [0.2, 0.25) is 0 Å². The summed E-state index contributed by atoms with van der Waals surface area (Å²) in [5.74, 6) is 0.384. The molecule has 2 atom stereocenters. The number of benzene rings is 1. The minimum absolute atomic E-state index is 0.0142. The lowest BCUT2D eigenvalue weighted by molar-refractivity contribution is -0.385. The maximum absolute atomic E-state index is 11.0. The van der Waals surface area contributed by atoms with Crippen molar-refractivity contribution in [1.82, 2.24) is 0 Å². The van der Waals surface area contributed by atoms with Gasteiger partial charge in [-0.25, -0.2) is 0 Å². The van der Waals surface area contributed by atoms with Crippen molar-refractivity contribution >= 4 is 5.69 Å². The Balaban J connectivity index is 2.81. The molecule has 6 heteroatoms. The number of hydrogen-bond donors (Lipinski definition) is 1. The lowest BCUT2D eigenvalue weighted by Gasteiger charge is -2.16. The van der Waals surface area contributed by atoms with Crippen molar-refractivity contribution in [2.24, 2.45) is 5.92 Å². The third kappa shape index (κ3) is 6.14. The molecule has 1 aromatic rings. The van der Waals surface area contributed by atoms with Crippen molar-refractivity contribution in [2.75, 3.05) is 13.9 Å². The Labute approximate surface area is 142 Å². The van der Waals surface area contributed by atoms with E-state index in [1.165, 1.54) is 19.2 Å². The van der Waals surface area contributed by atoms with Crippen LogP contribution in [0.3, 0.4) is 0 Å². The van der Waals surface area contributed by atoms with Crippen molar-refractivity contribution in [3.63, 3.8) is 0 Å². The Hall–Kier alpha value is -2.18. The number of allylic oxidation sites excluding steroid dienone is 1. The van der Waals surface area contributed by atoms with Gasteiger partial charge in [0.05, 0.1) is 17.1 Å². The molecule has 6 nitrogen and oxygen atoms in total. The van der Waals surface area contributed by atoms with E-state index in [4.69, 9.17) is 9.47 Å². The fourth-order valence-electron chi connectivity index (χ4n) is 2.23. The van der Waals surface area contributed by atoms with E-state index in [1.807, 2.05) is 19.9 Å². The number of ether oxygens (including phenoxy) is 2. The summed E-state index contributed by atoms with van der Waals surface area (Å²) in [6.45, 7) is 7.47. The van der Waals surface area contributed by atoms with E-state index in [1.54, 1.807) is 12.1 Å². The molecular weight excluding hydrogens is 310 g/mol. The van der Waals surface area contributed by atoms with Gasteiger partial charge in [0, 0.05) is 19.1 Å². The van der Waals surface area contributed by atoms with Crippen molar-refractivity contribution < 1.29 is 19.5 Å². The van der Waals surface area contributed by atoms with Gasteiger partial charge in [0.2, 0.25) is 0 Å². The predicted molar refractivity (Wildman–Crippen MR) is 93.0 cm³/mol. The molecule has 1 aromatic carbocycles. The third-order valence-electron chi connectivity index (χ3n) is 3.74. The lowest BCUT2D eigenvalue weighted by Crippen LogP contribution is -2.16. The Morgan fingerprint density at radius 2 is 2.17 bits per heavy atom. The van der Waals surface area contributed by atoms with Crippen LogP contribution in [0.4, 0.5) is 5.69 Å². The topological polar surface area (TPSA) is 81.8 Å². The molecule has 132 valence electrons. The van der Waals surface area contributed by atoms with E-state index >= 15 is 0 Å². The van der Waals surface area contributed by atoms with Gasteiger partial charge in [0.15, 0.2) is 6.79 Å². The molecule has 0 aliphatic heterocycles. The number of hydrogen-bond acceptors (Lipinski definition) is 5. The average Bonchev–Trinajstić information content (AvgIpc) is 2.58. The van der Waals surface area contributed by atoms with Crippen LogP contribution in [-0.2, 0) is 11.2 Å². The summed E-state index contributed by atoms with van der Waals surface area (Å²) in [6, 6.07) is 4.67. The highest BCUT2D eigenvalue weighted by Crippen LogP contribution is 2.24. The first-order valence-corrected chi connectivity index (χ1v) is 7.76. The van der Waals surface area contributed by atoms with Gasteiger partial charge in [-0.05, 0) is 37.0 Å². The van der Waals surface area contributed by atoms with E-state index in [2.05, 4.69) is 6.58 Å². The van der Waals surface area contributed by atoms with Gasteiger partial charge < -0.3 is 14.6 Å². The Bertz CT molecular complexity index is 597. The zero-order chi connectivity index (χ0) is 18.1. The van der Waals surface area contributed by atoms with Crippen LogP contribution in [0.15, 0.2) is 42.5 Å². The van der Waals surface area contributed by atoms with Crippen LogP contribution in [0.1, 0.15) is 25.8 Å². The van der Waals surface area contributed by atoms with E-state index in [-0.39, 0.29) is 18.4 Å². The minimum Gasteiger partial charge on any atom is -0.467 e. The highest BCUT2D eigenvalue weighted by atomic mass is 16.7. The van der Waals surface area contributed by atoms with Crippen LogP contribution in [0, 0.1) is 16.0 Å². The van der Waals surface area contributed by atoms with Crippen LogP contribution >= 0.6 is 0 Å². The summed E-state index contributed by atoms with van der Waals surface area (Å²) in [4.78, 5) is 10.6. The van der Waals surface area contributed by atoms with E-state index in [9.17, 15) is 15.2 Å². The second-order valence-electron chi connectivity index (χ2n) is 5.67. The molecule has 0 aromatic heterocycles. The van der Waals surface area contributed by atoms with Crippen LogP contribution in [-0.4, -0.2) is 30.0 Å². The van der Waals surface area contributed by atoms with E-state index < -0.39 is 11.0 Å². The first kappa shape index (κ1) is 19.9. The van der Waals surface area contributed by atoms with Crippen LogP contribution < -0.4 is 4.74 Å². The lowest BCUT2D eigenvalue weighted by atomic mass is 9.97. The zero-order valence-electron chi connectivity index (χ0n) is 14.4. The largest absolute Gasteiger partial charge is 0.467 e. The Morgan fingerprint density at radius 3 is 2.75 bits per heavy atom. The first-order valence-electron chi connectivity index (χ1n) is 7.76. The summed E-state index contributed by atoms with van der Waals surface area (Å²) in [5.41, 5.74) is 1.65. The molecule has 0 spiro atoms. The number of aryl methyl sites for hydroxylation is 1. The molecule has 0 unspecified atom stereocenters. The number of methoxy groups -OCH3 is 1. The number of rotatable bonds is 10. The molecule has 24 heavy (non-hydrogen) atoms. The van der Waals surface area contributed by atoms with Gasteiger partial charge in [-0.2, -0.15) is 0 Å². The summed E-state index contributed by atoms with van der Waals surface area (Å²) in [6.07, 6.45) is 4.37. The summed E-state index contributed by atoms with van der Waals surface area (Å²) in [7, 11) is 1.49. The minimum atomic E-state index is -0.562. The number of nitro benzene ring substituents is 1. The summed E-state index contributed by atoms with van der Waals surface area (Å²) in [5, 5.41) is 21.1. The summed E-state index contributed by atoms with van der Waals surface area (Å²) < 4.78 is 10.1. The fourth-order valence-corrected chi connectivity index (χ4v) is 2.23. The highest BCUT2D eigenvalue weighted by molar-refractivity contribution is 5.43. The smallest absolute Gasteiger partial charge is 0.273 e. The van der Waals surface area contributed by atoms with Crippen molar-refractivity contribution in [3.8, 4) is 5.75 Å². The normalized spacial score (nSPS) is 14.1. The van der Waals surface area contributed by atoms with Crippen LogP contribution in [0.5, 0.6) is 5.75 Å². The number of nitro groups is 1. The maximum atomic E-state index is 11.0. The predicted octanol–water partition coefficient (Wildman–Crippen LogP) is 3.64. The second kappa shape index (κ2) is 9.85. The highest BCUT2D eigenvalue weighted by Gasteiger charge is 2.13. The van der Waals surface area contributed by atoms with Gasteiger partial charge in [-0.15, -0.1) is 6.58 Å². The number of aliphatic hydroxyl groups excluding tert-OH is 1. The van der Waals surface area contributed by atoms with Crippen LogP contribution in [0.25, 0.3) is 0 Å². The van der Waals surface area contributed by atoms with Gasteiger partial charge in [-0.1, -0.05) is 19.1 Å². The quantitative estimate of drug-likeness (QED) is 0.305. The molecule has 0 saturated heterocycles. The molecule has 0 aliphatic carbocycles. The number of non-ortho nitro benzene ring substituents is 1. The molecule has 0 radical (unpaired) electrons. The van der Waals surface area contributed by atoms with Crippen molar-refractivity contribution in [1.29, 1.82) is 0 Å². The zero-order valence-corrected chi connectivity index (χ0v) is 14.4. The molecule has 1 N–H and O–H groups in total. The maximum Gasteiger partial charge on any atom is 0.273 e. The summed E-state index contributed by atoms with van der Waals surface area (Å²) >= 11 is 0. The molecule has 0 bridgehead atoms. The molecule has 1 rings (SSSR count). The van der Waals surface area contributed by atoms with E-state index in [0.717, 1.165) is 11.1 Å². The standard InChI is InChI=1S/C18H25NO5/c1-5-13(2)18(20)14(3)7-6-8-15-9-16(19(21)22)11-17(10-15)24-12-23-4/h5,7,9-11,13,18,20H,1,6,8,12H2,2-4H3/b14-7-/t13-,18+/m0/s1. The SMILES string of the molecule is C=C[C@H](C)[C@@H](O)/C(C)=C\CCc1cc(OCOC)cc([N+](=O)[O-])c1. The number of nitrogens with zero attached hydrogens (tertiary/aromatic N) is 1. The van der Waals surface area contributed by atoms with Crippen molar-refractivity contribution in [2.45, 2.75) is 32.8 Å². The Morgan fingerprint density at radius 1 is 1.46 bits per heavy atom. The van der Waals surface area contributed by atoms with Gasteiger partial charge >= 0.3 is 0 Å². The average molecular weight is 335 g/mol. The molecule has 0 amide bonds. The molecule has 0 heterocycles. The molecular formula is C18H25NO5. The van der Waals surface area contributed by atoms with Gasteiger partial charge in [-0.3, -0.25) is 10.1 Å². The third-order valence-corrected chi connectivity index (χ3v) is 3.74. The first-order chi connectivity index (χ1) is 11.4.